The molecule has 2 aliphatic heterocycles. The number of phenols is 2. The first-order chi connectivity index (χ1) is 37.3. The summed E-state index contributed by atoms with van der Waals surface area (Å²) < 4.78 is 25.5. The summed E-state index contributed by atoms with van der Waals surface area (Å²) in [7, 11) is 3.20. The standard InChI is InChI=1S/C30H28N4O4.C22H19N3O4.C8H9NO/c1-18-29(19(2)38-32-18)25-14-21-12-22(16-33-11-9-20-13-24(35)7-8-26(20)33)30(36)34(27(21)15-28(25)37-3)17-23-6-4-5-10-31-23;1-13-21(14(2)29-24-13)18-9-15-8-16(12-26)22(27)25(19(15)10-20(18)28-3)11-17-6-4-5-7-23-17;10-7-1-2-8-6(5-7)3-4-9-8/h4-8,10,12-15,35H,9,11,16-17H2,1-3H3;4-10,12H,11H2,1-3H3;1-2,5,9-10H,3-4H2. The fourth-order valence-electron chi connectivity index (χ4n) is 10.3. The summed E-state index contributed by atoms with van der Waals surface area (Å²) in [6.07, 6.45) is 5.84. The number of carbonyl (C=O) groups excluding carboxylic acids is 1. The van der Waals surface area contributed by atoms with E-state index in [0.717, 1.165) is 98.5 Å². The number of aryl methyl sites for hydroxylation is 4. The maximum absolute atomic E-state index is 14.0. The molecule has 2 aliphatic rings. The molecule has 0 amide bonds. The maximum atomic E-state index is 14.0. The molecule has 77 heavy (non-hydrogen) atoms. The highest BCUT2D eigenvalue weighted by molar-refractivity contribution is 5.93. The number of aldehydes is 1. The van der Waals surface area contributed by atoms with E-state index in [0.29, 0.717) is 64.9 Å². The molecule has 0 saturated carbocycles. The van der Waals surface area contributed by atoms with E-state index in [1.54, 1.807) is 66.1 Å². The zero-order valence-electron chi connectivity index (χ0n) is 43.5. The summed E-state index contributed by atoms with van der Waals surface area (Å²) >= 11 is 0. The van der Waals surface area contributed by atoms with Crippen LogP contribution in [0.25, 0.3) is 44.1 Å². The summed E-state index contributed by atoms with van der Waals surface area (Å²) in [6.45, 7) is 10.3. The third-order valence-electron chi connectivity index (χ3n) is 14.0. The number of hydrogen-bond acceptors (Lipinski definition) is 15. The molecule has 17 heteroatoms. The van der Waals surface area contributed by atoms with Gasteiger partial charge in [0.2, 0.25) is 0 Å². The molecule has 6 aromatic heterocycles. The Morgan fingerprint density at radius 2 is 1.19 bits per heavy atom. The minimum atomic E-state index is -0.370. The van der Waals surface area contributed by atoms with Crippen LogP contribution in [-0.2, 0) is 32.5 Å². The molecule has 3 N–H and O–H groups in total. The summed E-state index contributed by atoms with van der Waals surface area (Å²) in [5, 5.41) is 32.0. The number of hydrogen-bond donors (Lipinski definition) is 3. The molecule has 0 saturated heterocycles. The fraction of sp³-hybridized carbons (Fsp3) is 0.217. The van der Waals surface area contributed by atoms with Crippen LogP contribution >= 0.6 is 0 Å². The second-order valence-electron chi connectivity index (χ2n) is 18.9. The van der Waals surface area contributed by atoms with E-state index in [1.807, 2.05) is 100 Å². The van der Waals surface area contributed by atoms with Crippen molar-refractivity contribution >= 4 is 39.5 Å². The number of anilines is 2. The van der Waals surface area contributed by atoms with Crippen molar-refractivity contribution < 1.29 is 33.5 Å². The van der Waals surface area contributed by atoms with Crippen LogP contribution in [0.3, 0.4) is 0 Å². The average molecular weight is 1030 g/mol. The zero-order valence-corrected chi connectivity index (χ0v) is 43.5. The Labute approximate surface area is 442 Å². The Morgan fingerprint density at radius 1 is 0.636 bits per heavy atom. The van der Waals surface area contributed by atoms with E-state index in [4.69, 9.17) is 23.6 Å². The largest absolute Gasteiger partial charge is 0.508 e. The van der Waals surface area contributed by atoms with Gasteiger partial charge >= 0.3 is 0 Å². The monoisotopic (exact) mass is 1030 g/mol. The highest BCUT2D eigenvalue weighted by Gasteiger charge is 2.25. The number of fused-ring (bicyclic) bond motifs is 4. The van der Waals surface area contributed by atoms with E-state index in [-0.39, 0.29) is 29.0 Å². The van der Waals surface area contributed by atoms with E-state index >= 15 is 0 Å². The Balaban J connectivity index is 0.000000151. The average Bonchev–Trinajstić information content (AvgIpc) is 4.31. The Bertz CT molecular complexity index is 3920. The van der Waals surface area contributed by atoms with Crippen molar-refractivity contribution in [3.8, 4) is 45.3 Å². The van der Waals surface area contributed by atoms with Gasteiger partial charge in [0.15, 0.2) is 6.29 Å². The molecule has 0 fully saturated rings. The van der Waals surface area contributed by atoms with Gasteiger partial charge in [-0.1, -0.05) is 22.4 Å². The number of ether oxygens (including phenoxy) is 2. The van der Waals surface area contributed by atoms with Crippen LogP contribution in [0.2, 0.25) is 0 Å². The SMILES string of the molecule is COc1cc2c(cc1-c1c(C)noc1C)cc(C=O)c(=O)n2Cc1ccccn1.COc1cc2c(cc1-c1c(C)noc1C)cc(CN1CCc3cc(O)ccc31)c(=O)n2Cc1ccccn1.Oc1ccc2c(c1)CCN2. The van der Waals surface area contributed by atoms with Gasteiger partial charge in [-0.15, -0.1) is 0 Å². The van der Waals surface area contributed by atoms with Gasteiger partial charge in [-0.25, -0.2) is 0 Å². The highest BCUT2D eigenvalue weighted by Crippen LogP contribution is 2.40. The number of phenolic OH excluding ortho intramolecular Hbond substituents is 2. The predicted octanol–water partition coefficient (Wildman–Crippen LogP) is 9.89. The van der Waals surface area contributed by atoms with Gasteiger partial charge in [-0.2, -0.15) is 0 Å². The smallest absolute Gasteiger partial charge is 0.261 e. The first kappa shape index (κ1) is 51.0. The van der Waals surface area contributed by atoms with Gasteiger partial charge in [-0.05, 0) is 142 Å². The normalized spacial score (nSPS) is 12.3. The lowest BCUT2D eigenvalue weighted by Gasteiger charge is -2.21. The molecule has 17 nitrogen and oxygen atoms in total. The number of rotatable bonds is 11. The third-order valence-corrected chi connectivity index (χ3v) is 14.0. The molecule has 390 valence electrons. The van der Waals surface area contributed by atoms with Gasteiger partial charge in [0, 0.05) is 77.6 Å². The number of aromatic hydroxyl groups is 2. The molecule has 4 aromatic carbocycles. The van der Waals surface area contributed by atoms with Gasteiger partial charge in [0.05, 0.1) is 77.8 Å². The number of nitrogens with one attached hydrogen (secondary N) is 1. The van der Waals surface area contributed by atoms with Crippen molar-refractivity contribution in [3.63, 3.8) is 0 Å². The van der Waals surface area contributed by atoms with Crippen LogP contribution in [0.15, 0.2) is 140 Å². The lowest BCUT2D eigenvalue weighted by molar-refractivity contribution is 0.112. The van der Waals surface area contributed by atoms with Crippen molar-refractivity contribution in [3.05, 3.63) is 199 Å². The summed E-state index contributed by atoms with van der Waals surface area (Å²) in [4.78, 5) is 49.4. The molecule has 0 unspecified atom stereocenters. The van der Waals surface area contributed by atoms with Gasteiger partial charge in [0.1, 0.15) is 34.5 Å². The molecular formula is C60H56N8O9. The maximum Gasteiger partial charge on any atom is 0.261 e. The van der Waals surface area contributed by atoms with Crippen molar-refractivity contribution in [2.45, 2.75) is 60.2 Å². The molecule has 0 atom stereocenters. The topological polar surface area (TPSA) is 213 Å². The van der Waals surface area contributed by atoms with E-state index < -0.39 is 0 Å². The highest BCUT2D eigenvalue weighted by atomic mass is 16.5. The van der Waals surface area contributed by atoms with E-state index in [2.05, 4.69) is 36.6 Å². The molecular weight excluding hydrogens is 977 g/mol. The van der Waals surface area contributed by atoms with Crippen LogP contribution in [0, 0.1) is 27.7 Å². The van der Waals surface area contributed by atoms with Crippen LogP contribution in [0.5, 0.6) is 23.0 Å². The van der Waals surface area contributed by atoms with Crippen LogP contribution in [0.4, 0.5) is 11.4 Å². The molecule has 0 bridgehead atoms. The number of carbonyl (C=O) groups is 1. The molecule has 0 aliphatic carbocycles. The van der Waals surface area contributed by atoms with Crippen LogP contribution in [-0.4, -0.2) is 73.2 Å². The lowest BCUT2D eigenvalue weighted by atomic mass is 9.99. The van der Waals surface area contributed by atoms with Gasteiger partial charge < -0.3 is 48.1 Å². The Morgan fingerprint density at radius 3 is 1.73 bits per heavy atom. The van der Waals surface area contributed by atoms with Crippen LogP contribution in [0.1, 0.15) is 61.3 Å². The molecule has 10 aromatic rings. The third kappa shape index (κ3) is 10.3. The second kappa shape index (κ2) is 21.8. The van der Waals surface area contributed by atoms with Crippen molar-refractivity contribution in [2.24, 2.45) is 0 Å². The van der Waals surface area contributed by atoms with Crippen LogP contribution < -0.4 is 30.8 Å². The van der Waals surface area contributed by atoms with Crippen molar-refractivity contribution in [1.82, 2.24) is 29.4 Å². The van der Waals surface area contributed by atoms with Gasteiger partial charge in [-0.3, -0.25) is 24.4 Å². The number of pyridine rings is 4. The minimum absolute atomic E-state index is 0.0671. The Kier molecular flexibility index (Phi) is 14.4. The number of benzene rings is 4. The minimum Gasteiger partial charge on any atom is -0.508 e. The summed E-state index contributed by atoms with van der Waals surface area (Å²) in [6, 6.07) is 33.3. The summed E-state index contributed by atoms with van der Waals surface area (Å²) in [5.74, 6) is 3.22. The van der Waals surface area contributed by atoms with E-state index in [9.17, 15) is 19.5 Å². The molecule has 0 spiro atoms. The molecule has 8 heterocycles. The van der Waals surface area contributed by atoms with Gasteiger partial charge in [0.25, 0.3) is 11.1 Å². The Hall–Kier alpha value is -9.51. The first-order valence-corrected chi connectivity index (χ1v) is 25.1. The number of aromatic nitrogens is 6. The fourth-order valence-corrected chi connectivity index (χ4v) is 10.3. The van der Waals surface area contributed by atoms with E-state index in [1.165, 1.54) is 5.56 Å². The quantitative estimate of drug-likeness (QED) is 0.0812. The zero-order chi connectivity index (χ0) is 53.9. The second-order valence-corrected chi connectivity index (χ2v) is 18.9. The lowest BCUT2D eigenvalue weighted by Crippen LogP contribution is -2.30. The first-order valence-electron chi connectivity index (χ1n) is 25.1. The predicted molar refractivity (Wildman–Crippen MR) is 295 cm³/mol. The van der Waals surface area contributed by atoms with Crippen molar-refractivity contribution in [2.75, 3.05) is 37.5 Å². The summed E-state index contributed by atoms with van der Waals surface area (Å²) in [5.41, 5.74) is 12.7. The number of methoxy groups -OCH3 is 2. The van der Waals surface area contributed by atoms with Crippen molar-refractivity contribution in [1.29, 1.82) is 0 Å². The molecule has 12 rings (SSSR count). The number of nitrogens with zero attached hydrogens (tertiary/aromatic N) is 7. The molecule has 0 radical (unpaired) electrons.